The second-order valence-electron chi connectivity index (χ2n) is 3.41. The van der Waals surface area contributed by atoms with Crippen molar-refractivity contribution in [3.05, 3.63) is 12.2 Å². The molecule has 0 spiro atoms. The van der Waals surface area contributed by atoms with Crippen molar-refractivity contribution in [1.82, 2.24) is 4.90 Å². The third kappa shape index (κ3) is 1.16. The molecule has 0 aromatic carbocycles. The first kappa shape index (κ1) is 8.27. The van der Waals surface area contributed by atoms with E-state index >= 15 is 0 Å². The molecular weight excluding hydrogens is 142 g/mol. The second kappa shape index (κ2) is 2.34. The number of aliphatic carboxylic acids is 1. The maximum absolute atomic E-state index is 10.8. The lowest BCUT2D eigenvalue weighted by molar-refractivity contribution is -0.145. The summed E-state index contributed by atoms with van der Waals surface area (Å²) < 4.78 is 0. The van der Waals surface area contributed by atoms with Gasteiger partial charge in [0, 0.05) is 13.1 Å². The molecule has 1 rings (SSSR count). The van der Waals surface area contributed by atoms with Gasteiger partial charge in [-0.2, -0.15) is 0 Å². The number of likely N-dealkylation sites (N-methyl/N-ethyl adjacent to an activating group) is 1. The summed E-state index contributed by atoms with van der Waals surface area (Å²) in [5, 5.41) is 8.87. The number of carboxylic acids is 1. The molecule has 0 amide bonds. The number of likely N-dealkylation sites (tertiary alicyclic amines) is 1. The lowest BCUT2D eigenvalue weighted by Gasteiger charge is -2.18. The molecule has 3 nitrogen and oxygen atoms in total. The first-order chi connectivity index (χ1) is 4.97. The summed E-state index contributed by atoms with van der Waals surface area (Å²) in [5.41, 5.74) is 0.0712. The molecule has 1 atom stereocenters. The van der Waals surface area contributed by atoms with E-state index in [1.165, 1.54) is 0 Å². The van der Waals surface area contributed by atoms with Crippen molar-refractivity contribution >= 4 is 5.97 Å². The zero-order valence-corrected chi connectivity index (χ0v) is 6.92. The standard InChI is InChI=1S/C8H13NO2/c1-6-4-9(3)5-8(6,2)7(10)11/h1,4-5H2,2-3H3,(H,10,11)/t8-/m0/s1. The highest BCUT2D eigenvalue weighted by molar-refractivity contribution is 5.79. The molecule has 1 aliphatic heterocycles. The molecule has 0 aromatic rings. The van der Waals surface area contributed by atoms with Gasteiger partial charge in [0.1, 0.15) is 0 Å². The Morgan fingerprint density at radius 1 is 1.82 bits per heavy atom. The Morgan fingerprint density at radius 3 is 2.55 bits per heavy atom. The van der Waals surface area contributed by atoms with Gasteiger partial charge in [0.15, 0.2) is 0 Å². The Kier molecular flexibility index (Phi) is 1.76. The topological polar surface area (TPSA) is 40.5 Å². The second-order valence-corrected chi connectivity index (χ2v) is 3.41. The number of hydrogen-bond acceptors (Lipinski definition) is 2. The smallest absolute Gasteiger partial charge is 0.314 e. The first-order valence-corrected chi connectivity index (χ1v) is 3.57. The maximum atomic E-state index is 10.8. The summed E-state index contributed by atoms with van der Waals surface area (Å²) in [4.78, 5) is 12.8. The van der Waals surface area contributed by atoms with Crippen molar-refractivity contribution in [3.8, 4) is 0 Å². The van der Waals surface area contributed by atoms with Crippen LogP contribution in [0.4, 0.5) is 0 Å². The molecular formula is C8H13NO2. The normalized spacial score (nSPS) is 32.7. The van der Waals surface area contributed by atoms with Gasteiger partial charge in [0.25, 0.3) is 0 Å². The van der Waals surface area contributed by atoms with Crippen LogP contribution in [0, 0.1) is 5.41 Å². The Balaban J connectivity index is 2.88. The molecule has 11 heavy (non-hydrogen) atoms. The summed E-state index contributed by atoms with van der Waals surface area (Å²) in [5.74, 6) is -0.771. The van der Waals surface area contributed by atoms with Crippen LogP contribution in [-0.2, 0) is 4.79 Å². The first-order valence-electron chi connectivity index (χ1n) is 3.57. The molecule has 1 heterocycles. The molecule has 1 saturated heterocycles. The van der Waals surface area contributed by atoms with Crippen molar-refractivity contribution < 1.29 is 9.90 Å². The van der Waals surface area contributed by atoms with Crippen molar-refractivity contribution in [2.75, 3.05) is 20.1 Å². The molecule has 0 unspecified atom stereocenters. The van der Waals surface area contributed by atoms with E-state index in [0.29, 0.717) is 13.1 Å². The van der Waals surface area contributed by atoms with E-state index in [1.807, 2.05) is 11.9 Å². The zero-order valence-electron chi connectivity index (χ0n) is 6.92. The molecule has 0 aromatic heterocycles. The number of hydrogen-bond donors (Lipinski definition) is 1. The van der Waals surface area contributed by atoms with E-state index in [-0.39, 0.29) is 0 Å². The molecule has 62 valence electrons. The molecule has 0 radical (unpaired) electrons. The van der Waals surface area contributed by atoms with E-state index in [9.17, 15) is 4.79 Å². The molecule has 1 N–H and O–H groups in total. The van der Waals surface area contributed by atoms with Crippen LogP contribution < -0.4 is 0 Å². The quantitative estimate of drug-likeness (QED) is 0.563. The largest absolute Gasteiger partial charge is 0.481 e. The van der Waals surface area contributed by atoms with E-state index in [1.54, 1.807) is 6.92 Å². The monoisotopic (exact) mass is 155 g/mol. The Bertz CT molecular complexity index is 212. The van der Waals surface area contributed by atoms with Crippen LogP contribution in [0.1, 0.15) is 6.92 Å². The van der Waals surface area contributed by atoms with Crippen LogP contribution in [0.25, 0.3) is 0 Å². The van der Waals surface area contributed by atoms with E-state index < -0.39 is 11.4 Å². The van der Waals surface area contributed by atoms with Gasteiger partial charge in [-0.05, 0) is 19.5 Å². The van der Waals surface area contributed by atoms with E-state index in [0.717, 1.165) is 5.57 Å². The average molecular weight is 155 g/mol. The molecule has 0 aliphatic carbocycles. The van der Waals surface area contributed by atoms with Crippen molar-refractivity contribution in [2.24, 2.45) is 5.41 Å². The summed E-state index contributed by atoms with van der Waals surface area (Å²) in [7, 11) is 1.90. The van der Waals surface area contributed by atoms with Crippen LogP contribution >= 0.6 is 0 Å². The fourth-order valence-electron chi connectivity index (χ4n) is 1.43. The van der Waals surface area contributed by atoms with Crippen LogP contribution in [0.15, 0.2) is 12.2 Å². The summed E-state index contributed by atoms with van der Waals surface area (Å²) in [6, 6.07) is 0. The number of nitrogens with zero attached hydrogens (tertiary/aromatic N) is 1. The van der Waals surface area contributed by atoms with Crippen molar-refractivity contribution in [3.63, 3.8) is 0 Å². The average Bonchev–Trinajstić information content (AvgIpc) is 2.08. The van der Waals surface area contributed by atoms with Gasteiger partial charge in [0.2, 0.25) is 0 Å². The van der Waals surface area contributed by atoms with E-state index in [4.69, 9.17) is 5.11 Å². The van der Waals surface area contributed by atoms with Gasteiger partial charge >= 0.3 is 5.97 Å². The Morgan fingerprint density at radius 2 is 2.36 bits per heavy atom. The third-order valence-electron chi connectivity index (χ3n) is 2.30. The van der Waals surface area contributed by atoms with Crippen LogP contribution in [0.2, 0.25) is 0 Å². The molecule has 0 saturated carbocycles. The van der Waals surface area contributed by atoms with Crippen molar-refractivity contribution in [1.29, 1.82) is 0 Å². The Hall–Kier alpha value is -0.830. The van der Waals surface area contributed by atoms with Gasteiger partial charge in [0.05, 0.1) is 5.41 Å². The lowest BCUT2D eigenvalue weighted by Crippen LogP contribution is -2.31. The fourth-order valence-corrected chi connectivity index (χ4v) is 1.43. The molecule has 3 heteroatoms. The van der Waals surface area contributed by atoms with Crippen LogP contribution in [0.5, 0.6) is 0 Å². The van der Waals surface area contributed by atoms with Gasteiger partial charge in [-0.1, -0.05) is 6.58 Å². The predicted octanol–water partition coefficient (Wildman–Crippen LogP) is 0.579. The predicted molar refractivity (Wildman–Crippen MR) is 42.4 cm³/mol. The summed E-state index contributed by atoms with van der Waals surface area (Å²) >= 11 is 0. The van der Waals surface area contributed by atoms with Crippen molar-refractivity contribution in [2.45, 2.75) is 6.92 Å². The highest BCUT2D eigenvalue weighted by atomic mass is 16.4. The number of carbonyl (C=O) groups is 1. The number of carboxylic acid groups (broad SMARTS) is 1. The minimum atomic E-state index is -0.771. The number of rotatable bonds is 1. The van der Waals surface area contributed by atoms with Gasteiger partial charge < -0.3 is 10.0 Å². The van der Waals surface area contributed by atoms with E-state index in [2.05, 4.69) is 6.58 Å². The highest BCUT2D eigenvalue weighted by Crippen LogP contribution is 2.33. The fraction of sp³-hybridized carbons (Fsp3) is 0.625. The van der Waals surface area contributed by atoms with Gasteiger partial charge in [-0.15, -0.1) is 0 Å². The Labute approximate surface area is 66.3 Å². The third-order valence-corrected chi connectivity index (χ3v) is 2.30. The summed E-state index contributed by atoms with van der Waals surface area (Å²) in [6.45, 7) is 6.75. The zero-order chi connectivity index (χ0) is 8.65. The van der Waals surface area contributed by atoms with Crippen LogP contribution in [-0.4, -0.2) is 36.1 Å². The summed E-state index contributed by atoms with van der Waals surface area (Å²) in [6.07, 6.45) is 0. The molecule has 0 bridgehead atoms. The maximum Gasteiger partial charge on any atom is 0.314 e. The van der Waals surface area contributed by atoms with Crippen LogP contribution in [0.3, 0.4) is 0 Å². The lowest BCUT2D eigenvalue weighted by atomic mass is 9.86. The SMILES string of the molecule is C=C1CN(C)C[C@]1(C)C(=O)O. The highest BCUT2D eigenvalue weighted by Gasteiger charge is 2.42. The minimum Gasteiger partial charge on any atom is -0.481 e. The molecule has 1 fully saturated rings. The van der Waals surface area contributed by atoms with Gasteiger partial charge in [-0.25, -0.2) is 0 Å². The van der Waals surface area contributed by atoms with Gasteiger partial charge in [-0.3, -0.25) is 4.79 Å². The minimum absolute atomic E-state index is 0.571. The molecule has 1 aliphatic rings.